The molecular weight excluding hydrogens is 642 g/mol. The van der Waals surface area contributed by atoms with E-state index in [2.05, 4.69) is 96.5 Å². The average Bonchev–Trinajstić information content (AvgIpc) is 3.14. The van der Waals surface area contributed by atoms with Gasteiger partial charge in [-0.05, 0) is 104 Å². The van der Waals surface area contributed by atoms with Gasteiger partial charge in [0.25, 0.3) is 0 Å². The fourth-order valence-corrected chi connectivity index (χ4v) is 6.44. The van der Waals surface area contributed by atoms with Crippen LogP contribution in [0.4, 0.5) is 4.79 Å². The zero-order chi connectivity index (χ0) is 36.5. The molecule has 0 saturated carbocycles. The van der Waals surface area contributed by atoms with Crippen LogP contribution in [-0.4, -0.2) is 42.7 Å². The summed E-state index contributed by atoms with van der Waals surface area (Å²) < 4.78 is 17.8. The maximum Gasteiger partial charge on any atom is 0.410 e. The van der Waals surface area contributed by atoms with E-state index in [9.17, 15) is 4.79 Å². The van der Waals surface area contributed by atoms with Gasteiger partial charge in [0.05, 0.1) is 6.61 Å². The van der Waals surface area contributed by atoms with Crippen molar-refractivity contribution in [3.63, 3.8) is 0 Å². The second-order valence-corrected chi connectivity index (χ2v) is 13.1. The second-order valence-electron chi connectivity index (χ2n) is 13.1. The highest BCUT2D eigenvalue weighted by Gasteiger charge is 2.34. The summed E-state index contributed by atoms with van der Waals surface area (Å²) in [4.78, 5) is 14.0. The van der Waals surface area contributed by atoms with Gasteiger partial charge in [-0.1, -0.05) is 107 Å². The van der Waals surface area contributed by atoms with E-state index in [1.165, 1.54) is 34.2 Å². The minimum Gasteiger partial charge on any atom is -0.494 e. The van der Waals surface area contributed by atoms with Crippen molar-refractivity contribution < 1.29 is 19.0 Å². The molecule has 6 rings (SSSR count). The molecule has 2 atom stereocenters. The molecule has 4 aromatic rings. The van der Waals surface area contributed by atoms with Crippen molar-refractivity contribution in [2.24, 2.45) is 5.92 Å². The Hall–Kier alpha value is -3.96. The van der Waals surface area contributed by atoms with Crippen molar-refractivity contribution in [1.82, 2.24) is 4.90 Å². The van der Waals surface area contributed by atoms with Gasteiger partial charge in [0, 0.05) is 25.4 Å². The van der Waals surface area contributed by atoms with Crippen LogP contribution in [0.1, 0.15) is 101 Å². The van der Waals surface area contributed by atoms with E-state index in [1.54, 1.807) is 4.90 Å². The average molecular weight is 700 g/mol. The summed E-state index contributed by atoms with van der Waals surface area (Å²) in [6.07, 6.45) is 4.28. The number of fused-ring (bicyclic) bond motifs is 1. The molecule has 50 heavy (non-hydrogen) atoms. The third-order valence-electron chi connectivity index (χ3n) is 8.70. The van der Waals surface area contributed by atoms with Gasteiger partial charge in [-0.2, -0.15) is 0 Å². The number of ether oxygens (including phenoxy) is 3. The molecule has 0 aromatic heterocycles. The Kier molecular flexibility index (Phi) is 16.7. The summed E-state index contributed by atoms with van der Waals surface area (Å²) in [5.74, 6) is 2.92. The van der Waals surface area contributed by atoms with Gasteiger partial charge < -0.3 is 19.1 Å². The highest BCUT2D eigenvalue weighted by molar-refractivity contribution is 6.15. The highest BCUT2D eigenvalue weighted by atomic mass is 35.5. The topological polar surface area (TPSA) is 48.0 Å². The Bertz CT molecular complexity index is 1530. The van der Waals surface area contributed by atoms with Crippen LogP contribution in [0.3, 0.4) is 0 Å². The number of halogens is 1. The molecule has 0 bridgehead atoms. The molecule has 0 spiro atoms. The van der Waals surface area contributed by atoms with Gasteiger partial charge in [0.1, 0.15) is 23.7 Å². The summed E-state index contributed by atoms with van der Waals surface area (Å²) in [7, 11) is 0. The molecule has 0 radical (unpaired) electrons. The van der Waals surface area contributed by atoms with Crippen LogP contribution in [0.2, 0.25) is 0 Å². The van der Waals surface area contributed by atoms with E-state index in [-0.39, 0.29) is 12.0 Å². The molecule has 1 fully saturated rings. The maximum atomic E-state index is 12.2. The first-order chi connectivity index (χ1) is 24.3. The van der Waals surface area contributed by atoms with Crippen molar-refractivity contribution in [1.29, 1.82) is 0 Å². The van der Waals surface area contributed by atoms with Crippen molar-refractivity contribution in [3.05, 3.63) is 131 Å². The number of carbonyl (C=O) groups excluding carboxylic acids is 1. The van der Waals surface area contributed by atoms with Gasteiger partial charge in [-0.25, -0.2) is 4.79 Å². The van der Waals surface area contributed by atoms with Gasteiger partial charge in [-0.3, -0.25) is 0 Å². The number of carbonyl (C=O) groups is 1. The van der Waals surface area contributed by atoms with E-state index in [0.717, 1.165) is 43.9 Å². The monoisotopic (exact) mass is 699 g/mol. The van der Waals surface area contributed by atoms with Crippen molar-refractivity contribution in [2.75, 3.05) is 26.1 Å². The highest BCUT2D eigenvalue weighted by Crippen LogP contribution is 2.47. The Morgan fingerprint density at radius 2 is 1.36 bits per heavy atom. The Morgan fingerprint density at radius 3 is 1.98 bits per heavy atom. The first kappa shape index (κ1) is 40.5. The molecule has 1 aliphatic carbocycles. The molecule has 2 aliphatic rings. The number of aryl methyl sites for hydroxylation is 1. The van der Waals surface area contributed by atoms with Crippen LogP contribution < -0.4 is 9.47 Å². The number of amides is 1. The predicted octanol–water partition coefficient (Wildman–Crippen LogP) is 11.7. The zero-order valence-electron chi connectivity index (χ0n) is 31.5. The quantitative estimate of drug-likeness (QED) is 0.163. The normalized spacial score (nSPS) is 16.4. The van der Waals surface area contributed by atoms with E-state index in [0.29, 0.717) is 25.0 Å². The fourth-order valence-electron chi connectivity index (χ4n) is 6.44. The van der Waals surface area contributed by atoms with Gasteiger partial charge in [0.2, 0.25) is 0 Å². The van der Waals surface area contributed by atoms with Crippen LogP contribution in [-0.2, 0) is 17.8 Å². The Labute approximate surface area is 306 Å². The van der Waals surface area contributed by atoms with Gasteiger partial charge in [-0.15, -0.1) is 11.6 Å². The lowest BCUT2D eigenvalue weighted by atomic mass is 9.69. The Morgan fingerprint density at radius 1 is 0.760 bits per heavy atom. The van der Waals surface area contributed by atoms with Crippen molar-refractivity contribution >= 4 is 17.7 Å². The zero-order valence-corrected chi connectivity index (χ0v) is 32.2. The fraction of sp³-hybridized carbons (Fsp3) is 0.432. The molecule has 5 nitrogen and oxygen atoms in total. The van der Waals surface area contributed by atoms with Crippen LogP contribution in [0.5, 0.6) is 11.5 Å². The SMILES string of the molecule is CC.CC.CC(C)(C)OC(=O)N1CC(CCOc2ccc(C3c4ccc(OCc5ccccc5)cc4CCC3c3ccccc3)cc2)C1.CCl. The van der Waals surface area contributed by atoms with E-state index >= 15 is 0 Å². The molecule has 6 heteroatoms. The number of nitrogens with zero attached hydrogens (tertiary/aromatic N) is 1. The lowest BCUT2D eigenvalue weighted by Crippen LogP contribution is -2.51. The maximum absolute atomic E-state index is 12.2. The van der Waals surface area contributed by atoms with Crippen molar-refractivity contribution in [2.45, 2.75) is 91.8 Å². The molecule has 0 N–H and O–H groups in total. The van der Waals surface area contributed by atoms with E-state index in [1.807, 2.05) is 66.7 Å². The third-order valence-corrected chi connectivity index (χ3v) is 8.70. The standard InChI is InChI=1S/C39H43NO4.2C2H6.CH3Cl/c1-39(2,3)44-38(41)40-25-29(26-40)22-23-42-33-17-14-31(15-18-33)37-35(30-12-8-5-9-13-30)20-16-32-24-34(19-21-36(32)37)43-27-28-10-6-4-7-11-28;3*1-2/h4-15,17-19,21,24,29,35,37H,16,20,22-23,25-27H2,1-3H3;2*1-2H3;1H3. The molecule has 1 heterocycles. The van der Waals surface area contributed by atoms with E-state index in [4.69, 9.17) is 14.2 Å². The molecule has 2 unspecified atom stereocenters. The van der Waals surface area contributed by atoms with Gasteiger partial charge in [0.15, 0.2) is 0 Å². The summed E-state index contributed by atoms with van der Waals surface area (Å²) in [6.45, 7) is 16.4. The predicted molar refractivity (Wildman–Crippen MR) is 209 cm³/mol. The summed E-state index contributed by atoms with van der Waals surface area (Å²) in [6, 6.07) is 36.6. The number of hydrogen-bond donors (Lipinski definition) is 0. The lowest BCUT2D eigenvalue weighted by molar-refractivity contribution is -0.00383. The number of rotatable bonds is 9. The summed E-state index contributed by atoms with van der Waals surface area (Å²) in [5.41, 5.74) is 6.15. The molecule has 1 amide bonds. The van der Waals surface area contributed by atoms with Crippen LogP contribution in [0.15, 0.2) is 103 Å². The molecule has 1 aliphatic heterocycles. The number of alkyl halides is 1. The lowest BCUT2D eigenvalue weighted by Gasteiger charge is -2.39. The first-order valence-corrected chi connectivity index (χ1v) is 19.0. The third kappa shape index (κ3) is 11.6. The number of likely N-dealkylation sites (tertiary alicyclic amines) is 1. The van der Waals surface area contributed by atoms with E-state index < -0.39 is 5.60 Å². The largest absolute Gasteiger partial charge is 0.494 e. The van der Waals surface area contributed by atoms with Crippen molar-refractivity contribution in [3.8, 4) is 11.5 Å². The van der Waals surface area contributed by atoms with Crippen LogP contribution in [0, 0.1) is 5.92 Å². The molecule has 4 aromatic carbocycles. The smallest absolute Gasteiger partial charge is 0.410 e. The molecule has 1 saturated heterocycles. The Balaban J connectivity index is 0.00000107. The van der Waals surface area contributed by atoms with Gasteiger partial charge >= 0.3 is 6.09 Å². The number of hydrogen-bond acceptors (Lipinski definition) is 4. The molecular formula is C44H58ClNO4. The molecule has 270 valence electrons. The van der Waals surface area contributed by atoms with Crippen LogP contribution in [0.25, 0.3) is 0 Å². The minimum atomic E-state index is -0.460. The summed E-state index contributed by atoms with van der Waals surface area (Å²) >= 11 is 4.64. The van der Waals surface area contributed by atoms with Crippen LogP contribution >= 0.6 is 11.6 Å². The minimum absolute atomic E-state index is 0.223. The number of benzene rings is 4. The first-order valence-electron chi connectivity index (χ1n) is 18.3. The summed E-state index contributed by atoms with van der Waals surface area (Å²) in [5, 5.41) is 0. The second kappa shape index (κ2) is 20.7.